The SMILES string of the molecule is CN(CCNC(=O)c1cccc(S(=O)(=O)N2CCCCCC2)c1)c1ccccc1. The third-order valence-electron chi connectivity index (χ3n) is 5.23. The first-order chi connectivity index (χ1) is 14.0. The molecule has 1 amide bonds. The topological polar surface area (TPSA) is 69.7 Å². The van der Waals surface area contributed by atoms with Gasteiger partial charge in [0.2, 0.25) is 10.0 Å². The minimum atomic E-state index is -3.57. The summed E-state index contributed by atoms with van der Waals surface area (Å²) < 4.78 is 27.5. The van der Waals surface area contributed by atoms with E-state index in [1.54, 1.807) is 22.5 Å². The van der Waals surface area contributed by atoms with Crippen LogP contribution in [0.1, 0.15) is 36.0 Å². The van der Waals surface area contributed by atoms with Crippen molar-refractivity contribution in [3.63, 3.8) is 0 Å². The van der Waals surface area contributed by atoms with Crippen LogP contribution in [0, 0.1) is 0 Å². The Balaban J connectivity index is 1.61. The maximum atomic E-state index is 13.0. The standard InChI is InChI=1S/C22H29N3O3S/c1-24(20-11-5-4-6-12-20)17-14-23-22(26)19-10-9-13-21(18-19)29(27,28)25-15-7-2-3-8-16-25/h4-6,9-13,18H,2-3,7-8,14-17H2,1H3,(H,23,26). The number of benzene rings is 2. The highest BCUT2D eigenvalue weighted by Gasteiger charge is 2.25. The zero-order valence-corrected chi connectivity index (χ0v) is 17.7. The summed E-state index contributed by atoms with van der Waals surface area (Å²) in [6.07, 6.45) is 3.89. The van der Waals surface area contributed by atoms with Gasteiger partial charge < -0.3 is 10.2 Å². The van der Waals surface area contributed by atoms with Gasteiger partial charge >= 0.3 is 0 Å². The average molecular weight is 416 g/mol. The number of nitrogens with zero attached hydrogens (tertiary/aromatic N) is 2. The fourth-order valence-electron chi connectivity index (χ4n) is 3.48. The quantitative estimate of drug-likeness (QED) is 0.754. The Hall–Kier alpha value is -2.38. The van der Waals surface area contributed by atoms with Crippen LogP contribution in [-0.2, 0) is 10.0 Å². The Labute approximate surface area is 173 Å². The van der Waals surface area contributed by atoms with Gasteiger partial charge in [0.05, 0.1) is 4.90 Å². The van der Waals surface area contributed by atoms with Crippen LogP contribution in [0.15, 0.2) is 59.5 Å². The Kier molecular flexibility index (Phi) is 7.28. The largest absolute Gasteiger partial charge is 0.373 e. The van der Waals surface area contributed by atoms with Crippen molar-refractivity contribution in [1.29, 1.82) is 0 Å². The van der Waals surface area contributed by atoms with Gasteiger partial charge in [0.1, 0.15) is 0 Å². The first-order valence-electron chi connectivity index (χ1n) is 10.1. The number of anilines is 1. The lowest BCUT2D eigenvalue weighted by Crippen LogP contribution is -2.33. The number of likely N-dealkylation sites (N-methyl/N-ethyl adjacent to an activating group) is 1. The zero-order valence-electron chi connectivity index (χ0n) is 16.9. The van der Waals surface area contributed by atoms with Crippen LogP contribution in [0.5, 0.6) is 0 Å². The number of amides is 1. The second kappa shape index (κ2) is 9.89. The van der Waals surface area contributed by atoms with E-state index in [4.69, 9.17) is 0 Å². The lowest BCUT2D eigenvalue weighted by Gasteiger charge is -2.20. The molecule has 0 saturated carbocycles. The van der Waals surface area contributed by atoms with E-state index in [-0.39, 0.29) is 10.8 Å². The fraction of sp³-hybridized carbons (Fsp3) is 0.409. The fourth-order valence-corrected chi connectivity index (χ4v) is 5.04. The third-order valence-corrected chi connectivity index (χ3v) is 7.12. The van der Waals surface area contributed by atoms with Crippen molar-refractivity contribution in [3.05, 3.63) is 60.2 Å². The van der Waals surface area contributed by atoms with E-state index in [9.17, 15) is 13.2 Å². The van der Waals surface area contributed by atoms with Crippen molar-refractivity contribution in [1.82, 2.24) is 9.62 Å². The van der Waals surface area contributed by atoms with Crippen LogP contribution in [0.2, 0.25) is 0 Å². The molecule has 0 radical (unpaired) electrons. The molecule has 1 N–H and O–H groups in total. The highest BCUT2D eigenvalue weighted by Crippen LogP contribution is 2.21. The summed E-state index contributed by atoms with van der Waals surface area (Å²) >= 11 is 0. The molecular weight excluding hydrogens is 386 g/mol. The molecule has 2 aromatic carbocycles. The van der Waals surface area contributed by atoms with Crippen molar-refractivity contribution in [2.45, 2.75) is 30.6 Å². The van der Waals surface area contributed by atoms with Crippen molar-refractivity contribution in [2.24, 2.45) is 0 Å². The van der Waals surface area contributed by atoms with Gasteiger partial charge in [0, 0.05) is 44.5 Å². The molecular formula is C22H29N3O3S. The summed E-state index contributed by atoms with van der Waals surface area (Å²) in [5.74, 6) is -0.264. The summed E-state index contributed by atoms with van der Waals surface area (Å²) in [6.45, 7) is 2.21. The highest BCUT2D eigenvalue weighted by atomic mass is 32.2. The number of nitrogens with one attached hydrogen (secondary N) is 1. The number of hydrogen-bond donors (Lipinski definition) is 1. The maximum Gasteiger partial charge on any atom is 0.251 e. The van der Waals surface area contributed by atoms with Gasteiger partial charge in [-0.05, 0) is 43.2 Å². The normalized spacial score (nSPS) is 15.5. The van der Waals surface area contributed by atoms with Crippen LogP contribution in [0.25, 0.3) is 0 Å². The molecule has 1 fully saturated rings. The van der Waals surface area contributed by atoms with Crippen molar-refractivity contribution < 1.29 is 13.2 Å². The molecule has 0 aromatic heterocycles. The van der Waals surface area contributed by atoms with E-state index in [0.29, 0.717) is 31.7 Å². The Bertz CT molecular complexity index is 908. The molecule has 156 valence electrons. The zero-order chi connectivity index (χ0) is 20.7. The number of hydrogen-bond acceptors (Lipinski definition) is 4. The van der Waals surface area contributed by atoms with E-state index in [1.807, 2.05) is 37.4 Å². The molecule has 29 heavy (non-hydrogen) atoms. The van der Waals surface area contributed by atoms with Gasteiger partial charge in [0.25, 0.3) is 5.91 Å². The summed E-state index contributed by atoms with van der Waals surface area (Å²) in [5, 5.41) is 2.88. The average Bonchev–Trinajstić information content (AvgIpc) is 3.04. The van der Waals surface area contributed by atoms with E-state index in [1.165, 1.54) is 6.07 Å². The molecule has 3 rings (SSSR count). The molecule has 7 heteroatoms. The predicted octanol–water partition coefficient (Wildman–Crippen LogP) is 3.12. The van der Waals surface area contributed by atoms with Crippen LogP contribution < -0.4 is 10.2 Å². The first kappa shape index (κ1) is 21.3. The summed E-state index contributed by atoms with van der Waals surface area (Å²) in [4.78, 5) is 14.8. The van der Waals surface area contributed by atoms with Crippen LogP contribution >= 0.6 is 0 Å². The molecule has 1 aliphatic rings. The molecule has 2 aromatic rings. The van der Waals surface area contributed by atoms with E-state index < -0.39 is 10.0 Å². The lowest BCUT2D eigenvalue weighted by atomic mass is 10.2. The van der Waals surface area contributed by atoms with Gasteiger partial charge in [0.15, 0.2) is 0 Å². The molecule has 1 aliphatic heterocycles. The number of sulfonamides is 1. The summed E-state index contributed by atoms with van der Waals surface area (Å²) in [7, 11) is -1.60. The Morgan fingerprint density at radius 1 is 1.00 bits per heavy atom. The molecule has 1 heterocycles. The summed E-state index contributed by atoms with van der Waals surface area (Å²) in [6, 6.07) is 16.3. The number of rotatable bonds is 7. The molecule has 0 unspecified atom stereocenters. The van der Waals surface area contributed by atoms with E-state index in [0.717, 1.165) is 31.4 Å². The molecule has 0 atom stereocenters. The Morgan fingerprint density at radius 2 is 1.69 bits per heavy atom. The van der Waals surface area contributed by atoms with Crippen LogP contribution in [-0.4, -0.2) is 51.9 Å². The minimum Gasteiger partial charge on any atom is -0.373 e. The number of carbonyl (C=O) groups excluding carboxylic acids is 1. The van der Waals surface area contributed by atoms with Crippen LogP contribution in [0.4, 0.5) is 5.69 Å². The third kappa shape index (κ3) is 5.58. The summed E-state index contributed by atoms with van der Waals surface area (Å²) in [5.41, 5.74) is 1.44. The maximum absolute atomic E-state index is 13.0. The van der Waals surface area contributed by atoms with Crippen molar-refractivity contribution >= 4 is 21.6 Å². The van der Waals surface area contributed by atoms with Gasteiger partial charge in [-0.15, -0.1) is 0 Å². The van der Waals surface area contributed by atoms with Gasteiger partial charge in [-0.1, -0.05) is 37.1 Å². The monoisotopic (exact) mass is 415 g/mol. The van der Waals surface area contributed by atoms with Crippen LogP contribution in [0.3, 0.4) is 0 Å². The number of para-hydroxylation sites is 1. The molecule has 0 bridgehead atoms. The molecule has 6 nitrogen and oxygen atoms in total. The predicted molar refractivity (Wildman–Crippen MR) is 116 cm³/mol. The molecule has 1 saturated heterocycles. The second-order valence-corrected chi connectivity index (χ2v) is 9.30. The molecule has 0 aliphatic carbocycles. The first-order valence-corrected chi connectivity index (χ1v) is 11.6. The highest BCUT2D eigenvalue weighted by molar-refractivity contribution is 7.89. The van der Waals surface area contributed by atoms with E-state index >= 15 is 0 Å². The van der Waals surface area contributed by atoms with Crippen molar-refractivity contribution in [2.75, 3.05) is 38.1 Å². The van der Waals surface area contributed by atoms with Crippen molar-refractivity contribution in [3.8, 4) is 0 Å². The van der Waals surface area contributed by atoms with Gasteiger partial charge in [-0.3, -0.25) is 4.79 Å². The Morgan fingerprint density at radius 3 is 2.38 bits per heavy atom. The molecule has 0 spiro atoms. The number of carbonyl (C=O) groups is 1. The lowest BCUT2D eigenvalue weighted by molar-refractivity contribution is 0.0954. The van der Waals surface area contributed by atoms with E-state index in [2.05, 4.69) is 10.2 Å². The van der Waals surface area contributed by atoms with Gasteiger partial charge in [-0.25, -0.2) is 8.42 Å². The minimum absolute atomic E-state index is 0.188. The van der Waals surface area contributed by atoms with Gasteiger partial charge in [-0.2, -0.15) is 4.31 Å². The smallest absolute Gasteiger partial charge is 0.251 e. The second-order valence-electron chi connectivity index (χ2n) is 7.36.